The smallest absolute Gasteiger partial charge is 0.0986 e. The van der Waals surface area contributed by atoms with Crippen molar-refractivity contribution in [2.45, 2.75) is 6.92 Å². The van der Waals surface area contributed by atoms with Gasteiger partial charge in [0.15, 0.2) is 0 Å². The van der Waals surface area contributed by atoms with Crippen molar-refractivity contribution >= 4 is 17.6 Å². The highest BCUT2D eigenvalue weighted by Gasteiger charge is 1.99. The van der Waals surface area contributed by atoms with Crippen molar-refractivity contribution in [1.29, 1.82) is 0 Å². The van der Waals surface area contributed by atoms with Gasteiger partial charge in [-0.15, -0.1) is 11.8 Å². The minimum Gasteiger partial charge on any atom is -0.369 e. The maximum absolute atomic E-state index is 4.10. The summed E-state index contributed by atoms with van der Waals surface area (Å²) >= 11 is 1.74. The van der Waals surface area contributed by atoms with Gasteiger partial charge in [0, 0.05) is 17.6 Å². The fourth-order valence-electron chi connectivity index (χ4n) is 0.600. The molecule has 0 aromatic heterocycles. The van der Waals surface area contributed by atoms with Crippen LogP contribution >= 0.6 is 11.8 Å². The maximum atomic E-state index is 4.10. The summed E-state index contributed by atoms with van der Waals surface area (Å²) in [7, 11) is 0. The summed E-state index contributed by atoms with van der Waals surface area (Å²) in [6, 6.07) is 0. The van der Waals surface area contributed by atoms with Gasteiger partial charge in [0.05, 0.1) is 5.84 Å². The van der Waals surface area contributed by atoms with Crippen LogP contribution in [0.3, 0.4) is 0 Å². The Kier molecular flexibility index (Phi) is 2.16. The summed E-state index contributed by atoms with van der Waals surface area (Å²) in [5, 5.41) is 3.14. The second kappa shape index (κ2) is 2.92. The van der Waals surface area contributed by atoms with E-state index in [2.05, 4.69) is 16.6 Å². The van der Waals surface area contributed by atoms with E-state index in [0.29, 0.717) is 0 Å². The Morgan fingerprint density at radius 1 is 1.78 bits per heavy atom. The molecular weight excluding hydrogens is 132 g/mol. The summed E-state index contributed by atoms with van der Waals surface area (Å²) in [4.78, 5) is 5.40. The second-order valence-corrected chi connectivity index (χ2v) is 2.80. The van der Waals surface area contributed by atoms with Crippen molar-refractivity contribution in [3.8, 4) is 0 Å². The number of aliphatic imine (C=N–C) groups is 1. The number of amidine groups is 1. The van der Waals surface area contributed by atoms with E-state index < -0.39 is 0 Å². The van der Waals surface area contributed by atoms with Gasteiger partial charge < -0.3 is 5.32 Å². The Morgan fingerprint density at radius 2 is 2.56 bits per heavy atom. The fourth-order valence-corrected chi connectivity index (χ4v) is 0.975. The average Bonchev–Trinajstić information content (AvgIpc) is 1.90. The van der Waals surface area contributed by atoms with Crippen LogP contribution < -0.4 is 5.32 Å². The van der Waals surface area contributed by atoms with E-state index in [4.69, 9.17) is 0 Å². The first-order valence-electron chi connectivity index (χ1n) is 2.84. The monoisotopic (exact) mass is 142 g/mol. The zero-order valence-corrected chi connectivity index (χ0v) is 6.46. The SMILES string of the molecule is CSC1=CN=C(C)NC1. The molecule has 1 heterocycles. The Bertz CT molecular complexity index is 160. The van der Waals surface area contributed by atoms with Crippen molar-refractivity contribution in [3.63, 3.8) is 0 Å². The minimum absolute atomic E-state index is 0.941. The van der Waals surface area contributed by atoms with Gasteiger partial charge in [0.1, 0.15) is 0 Å². The lowest BCUT2D eigenvalue weighted by Gasteiger charge is -2.10. The van der Waals surface area contributed by atoms with Crippen LogP contribution in [0.1, 0.15) is 6.92 Å². The van der Waals surface area contributed by atoms with Crippen LogP contribution in [-0.2, 0) is 0 Å². The molecular formula is C6H10N2S. The van der Waals surface area contributed by atoms with Gasteiger partial charge in [-0.05, 0) is 13.2 Å². The zero-order valence-electron chi connectivity index (χ0n) is 5.64. The van der Waals surface area contributed by atoms with Crippen LogP contribution in [0.2, 0.25) is 0 Å². The summed E-state index contributed by atoms with van der Waals surface area (Å²) < 4.78 is 0. The van der Waals surface area contributed by atoms with Gasteiger partial charge >= 0.3 is 0 Å². The topological polar surface area (TPSA) is 24.4 Å². The van der Waals surface area contributed by atoms with Gasteiger partial charge in [-0.1, -0.05) is 0 Å². The molecule has 0 amide bonds. The highest BCUT2D eigenvalue weighted by Crippen LogP contribution is 2.11. The summed E-state index contributed by atoms with van der Waals surface area (Å²) in [5.41, 5.74) is 0. The van der Waals surface area contributed by atoms with Crippen LogP contribution in [0.4, 0.5) is 0 Å². The first-order valence-corrected chi connectivity index (χ1v) is 4.06. The maximum Gasteiger partial charge on any atom is 0.0986 e. The highest BCUT2D eigenvalue weighted by atomic mass is 32.2. The van der Waals surface area contributed by atoms with Gasteiger partial charge in [-0.25, -0.2) is 4.99 Å². The van der Waals surface area contributed by atoms with E-state index in [1.54, 1.807) is 11.8 Å². The molecule has 3 heteroatoms. The van der Waals surface area contributed by atoms with Gasteiger partial charge in [-0.2, -0.15) is 0 Å². The van der Waals surface area contributed by atoms with Crippen LogP contribution in [0.15, 0.2) is 16.1 Å². The standard InChI is InChI=1S/C6H10N2S/c1-5-7-3-6(9-2)4-8-5/h3H,4H2,1-2H3,(H,7,8). The molecule has 2 nitrogen and oxygen atoms in total. The molecule has 50 valence electrons. The van der Waals surface area contributed by atoms with Crippen LogP contribution in [0.5, 0.6) is 0 Å². The third-order valence-electron chi connectivity index (χ3n) is 1.18. The number of hydrogen-bond acceptors (Lipinski definition) is 3. The van der Waals surface area contributed by atoms with E-state index in [1.165, 1.54) is 4.91 Å². The molecule has 0 aromatic rings. The van der Waals surface area contributed by atoms with Crippen molar-refractivity contribution in [1.82, 2.24) is 5.32 Å². The molecule has 9 heavy (non-hydrogen) atoms. The molecule has 0 spiro atoms. The van der Waals surface area contributed by atoms with Crippen LogP contribution in [0, 0.1) is 0 Å². The van der Waals surface area contributed by atoms with Crippen molar-refractivity contribution < 1.29 is 0 Å². The lowest BCUT2D eigenvalue weighted by atomic mass is 10.5. The molecule has 0 bridgehead atoms. The number of hydrogen-bond donors (Lipinski definition) is 1. The first-order chi connectivity index (χ1) is 4.33. The summed E-state index contributed by atoms with van der Waals surface area (Å²) in [6.45, 7) is 2.91. The van der Waals surface area contributed by atoms with E-state index in [1.807, 2.05) is 13.1 Å². The summed E-state index contributed by atoms with van der Waals surface area (Å²) in [5.74, 6) is 1.01. The van der Waals surface area contributed by atoms with Gasteiger partial charge in [-0.3, -0.25) is 0 Å². The third-order valence-corrected chi connectivity index (χ3v) is 1.96. The largest absolute Gasteiger partial charge is 0.369 e. The zero-order chi connectivity index (χ0) is 6.69. The first kappa shape index (κ1) is 6.68. The van der Waals surface area contributed by atoms with Crippen LogP contribution in [0.25, 0.3) is 0 Å². The third kappa shape index (κ3) is 1.75. The predicted octanol–water partition coefficient (Wildman–Crippen LogP) is 1.21. The molecule has 0 unspecified atom stereocenters. The Hall–Kier alpha value is -0.440. The number of thioether (sulfide) groups is 1. The molecule has 1 aliphatic rings. The van der Waals surface area contributed by atoms with E-state index >= 15 is 0 Å². The number of nitrogens with one attached hydrogen (secondary N) is 1. The van der Waals surface area contributed by atoms with Gasteiger partial charge in [0.25, 0.3) is 0 Å². The molecule has 0 radical (unpaired) electrons. The lowest BCUT2D eigenvalue weighted by molar-refractivity contribution is 0.992. The lowest BCUT2D eigenvalue weighted by Crippen LogP contribution is -2.24. The molecule has 0 saturated heterocycles. The Labute approximate surface area is 59.4 Å². The van der Waals surface area contributed by atoms with E-state index in [-0.39, 0.29) is 0 Å². The van der Waals surface area contributed by atoms with Crippen LogP contribution in [-0.4, -0.2) is 18.6 Å². The van der Waals surface area contributed by atoms with E-state index in [0.717, 1.165) is 12.4 Å². The quantitative estimate of drug-likeness (QED) is 0.595. The van der Waals surface area contributed by atoms with E-state index in [9.17, 15) is 0 Å². The molecule has 1 aliphatic heterocycles. The molecule has 0 fully saturated rings. The Balaban J connectivity index is 2.59. The normalized spacial score (nSPS) is 18.0. The predicted molar refractivity (Wildman–Crippen MR) is 42.7 cm³/mol. The molecule has 0 atom stereocenters. The Morgan fingerprint density at radius 3 is 3.00 bits per heavy atom. The minimum atomic E-state index is 0.941. The number of rotatable bonds is 1. The van der Waals surface area contributed by atoms with Gasteiger partial charge in [0.2, 0.25) is 0 Å². The number of nitrogens with zero attached hydrogens (tertiary/aromatic N) is 1. The van der Waals surface area contributed by atoms with Crippen molar-refractivity contribution in [2.75, 3.05) is 12.8 Å². The summed E-state index contributed by atoms with van der Waals surface area (Å²) in [6.07, 6.45) is 3.97. The highest BCUT2D eigenvalue weighted by molar-refractivity contribution is 8.02. The van der Waals surface area contributed by atoms with Crippen molar-refractivity contribution in [2.24, 2.45) is 4.99 Å². The van der Waals surface area contributed by atoms with Crippen molar-refractivity contribution in [3.05, 3.63) is 11.1 Å². The molecule has 0 saturated carbocycles. The molecule has 1 N–H and O–H groups in total. The molecule has 1 rings (SSSR count). The fraction of sp³-hybridized carbons (Fsp3) is 0.500. The molecule has 0 aliphatic carbocycles. The average molecular weight is 142 g/mol. The second-order valence-electron chi connectivity index (χ2n) is 1.87. The molecule has 0 aromatic carbocycles.